The van der Waals surface area contributed by atoms with Crippen LogP contribution in [-0.4, -0.2) is 48.1 Å². The van der Waals surface area contributed by atoms with Gasteiger partial charge in [-0.25, -0.2) is 9.28 Å². The molecule has 1 saturated heterocycles. The van der Waals surface area contributed by atoms with Crippen molar-refractivity contribution in [3.8, 4) is 5.75 Å². The second kappa shape index (κ2) is 7.87. The fourth-order valence-electron chi connectivity index (χ4n) is 4.37. The predicted octanol–water partition coefficient (Wildman–Crippen LogP) is 3.25. The summed E-state index contributed by atoms with van der Waals surface area (Å²) in [5.74, 6) is -0.162. The maximum atomic E-state index is 11.6. The molecule has 0 saturated carbocycles. The van der Waals surface area contributed by atoms with E-state index in [2.05, 4.69) is 10.4 Å². The lowest BCUT2D eigenvalue weighted by Gasteiger charge is -2.35. The van der Waals surface area contributed by atoms with Gasteiger partial charge in [0.15, 0.2) is 0 Å². The molecule has 2 heterocycles. The molecule has 2 aromatic rings. The average molecular weight is 396 g/mol. The number of benzene rings is 2. The number of methoxy groups -OCH3 is 1. The van der Waals surface area contributed by atoms with E-state index in [0.29, 0.717) is 23.4 Å². The lowest BCUT2D eigenvalue weighted by molar-refractivity contribution is 0.0696. The van der Waals surface area contributed by atoms with E-state index in [4.69, 9.17) is 4.74 Å². The molecule has 0 aliphatic carbocycles. The number of hydroxylamine groups is 1. The Hall–Kier alpha value is -2.87. The zero-order valence-corrected chi connectivity index (χ0v) is 16.5. The van der Waals surface area contributed by atoms with Gasteiger partial charge in [-0.1, -0.05) is 0 Å². The van der Waals surface area contributed by atoms with Crippen molar-refractivity contribution in [2.75, 3.05) is 26.9 Å². The van der Waals surface area contributed by atoms with Crippen molar-refractivity contribution in [3.05, 3.63) is 65.4 Å². The van der Waals surface area contributed by atoms with Crippen LogP contribution >= 0.6 is 0 Å². The molecule has 7 heteroatoms. The van der Waals surface area contributed by atoms with Crippen molar-refractivity contribution in [2.45, 2.75) is 19.4 Å². The van der Waals surface area contributed by atoms with E-state index in [1.807, 2.05) is 30.5 Å². The molecule has 2 aliphatic heterocycles. The second-order valence-electron chi connectivity index (χ2n) is 7.70. The average Bonchev–Trinajstić information content (AvgIpc) is 3.35. The normalized spacial score (nSPS) is 21.0. The maximum Gasteiger partial charge on any atom is 0.335 e. The van der Waals surface area contributed by atoms with Gasteiger partial charge in [-0.2, -0.15) is 0 Å². The number of hydrogen-bond acceptors (Lipinski definition) is 5. The summed E-state index contributed by atoms with van der Waals surface area (Å²) in [5.41, 5.74) is 5.97. The number of ether oxygens (including phenoxy) is 1. The number of carboxylic acid groups (broad SMARTS) is 1. The topological polar surface area (TPSA) is 82.0 Å². The van der Waals surface area contributed by atoms with Gasteiger partial charge < -0.3 is 9.84 Å². The summed E-state index contributed by atoms with van der Waals surface area (Å²) in [7, 11) is 1.64. The minimum atomic E-state index is -0.957. The Morgan fingerprint density at radius 2 is 1.90 bits per heavy atom. The number of hydrogen-bond donors (Lipinski definition) is 3. The molecule has 4 rings (SSSR count). The number of fused-ring (bicyclic) bond motifs is 1. The van der Waals surface area contributed by atoms with E-state index < -0.39 is 5.97 Å². The number of quaternary nitrogens is 1. The van der Waals surface area contributed by atoms with Gasteiger partial charge in [0.2, 0.25) is 0 Å². The van der Waals surface area contributed by atoms with Crippen LogP contribution in [0.3, 0.4) is 0 Å². The molecule has 1 unspecified atom stereocenters. The van der Waals surface area contributed by atoms with Crippen LogP contribution < -0.4 is 14.7 Å². The number of rotatable bonds is 7. The quantitative estimate of drug-likeness (QED) is 0.492. The standard InChI is InChI=1S/C22H25N3O4/c1-29-18-7-4-16(5-8-18)13-25(15-24-10-2-3-11-24)14-20(23-28)19-9-6-17(22(26)27)12-21(19)25/h4-9,12,14,23,28H,2-3,10-11,13,15H2,1H3/p+1. The Bertz CT molecular complexity index is 936. The monoisotopic (exact) mass is 396 g/mol. The zero-order valence-electron chi connectivity index (χ0n) is 16.5. The molecule has 0 aromatic heterocycles. The van der Waals surface area contributed by atoms with Crippen LogP contribution in [0.5, 0.6) is 5.75 Å². The van der Waals surface area contributed by atoms with Crippen LogP contribution in [0.25, 0.3) is 5.70 Å². The Morgan fingerprint density at radius 3 is 2.52 bits per heavy atom. The third kappa shape index (κ3) is 3.72. The number of nitrogens with zero attached hydrogens (tertiary/aromatic N) is 2. The van der Waals surface area contributed by atoms with Gasteiger partial charge in [-0.15, -0.1) is 0 Å². The number of carboxylic acids is 1. The second-order valence-corrected chi connectivity index (χ2v) is 7.70. The molecular formula is C22H26N3O4+. The third-order valence-electron chi connectivity index (χ3n) is 5.79. The van der Waals surface area contributed by atoms with Crippen molar-refractivity contribution in [1.82, 2.24) is 14.9 Å². The number of carbonyl (C=O) groups is 1. The van der Waals surface area contributed by atoms with Gasteiger partial charge in [0, 0.05) is 24.7 Å². The van der Waals surface area contributed by atoms with Gasteiger partial charge in [-0.3, -0.25) is 15.6 Å². The summed E-state index contributed by atoms with van der Waals surface area (Å²) in [4.78, 5) is 14.0. The van der Waals surface area contributed by atoms with Crippen LogP contribution in [0, 0.1) is 0 Å². The lowest BCUT2D eigenvalue weighted by atomic mass is 10.1. The molecule has 0 spiro atoms. The first-order chi connectivity index (χ1) is 14.0. The molecular weight excluding hydrogens is 370 g/mol. The smallest absolute Gasteiger partial charge is 0.335 e. The minimum Gasteiger partial charge on any atom is -0.497 e. The van der Waals surface area contributed by atoms with Crippen LogP contribution in [0.1, 0.15) is 34.3 Å². The van der Waals surface area contributed by atoms with E-state index in [-0.39, 0.29) is 5.56 Å². The molecule has 2 aromatic carbocycles. The summed E-state index contributed by atoms with van der Waals surface area (Å²) in [6.45, 7) is 3.40. The molecule has 29 heavy (non-hydrogen) atoms. The van der Waals surface area contributed by atoms with Crippen LogP contribution in [-0.2, 0) is 6.54 Å². The van der Waals surface area contributed by atoms with Crippen molar-refractivity contribution >= 4 is 17.4 Å². The van der Waals surface area contributed by atoms with E-state index in [1.54, 1.807) is 25.3 Å². The Balaban J connectivity index is 1.80. The van der Waals surface area contributed by atoms with E-state index >= 15 is 0 Å². The molecule has 0 bridgehead atoms. The highest BCUT2D eigenvalue weighted by molar-refractivity contribution is 5.92. The highest BCUT2D eigenvalue weighted by Gasteiger charge is 2.41. The maximum absolute atomic E-state index is 11.6. The Labute approximate surface area is 170 Å². The molecule has 1 atom stereocenters. The van der Waals surface area contributed by atoms with E-state index in [0.717, 1.165) is 35.7 Å². The van der Waals surface area contributed by atoms with Gasteiger partial charge >= 0.3 is 5.97 Å². The fraction of sp³-hybridized carbons (Fsp3) is 0.318. The molecule has 3 N–H and O–H groups in total. The zero-order chi connectivity index (χ0) is 20.4. The van der Waals surface area contributed by atoms with Gasteiger partial charge in [0.25, 0.3) is 0 Å². The highest BCUT2D eigenvalue weighted by Crippen LogP contribution is 2.42. The SMILES string of the molecule is COc1ccc(C[N+]2(CN3CCCC3)C=C(NO)c3ccc(C(=O)O)cc32)cc1. The van der Waals surface area contributed by atoms with Crippen LogP contribution in [0.15, 0.2) is 48.7 Å². The van der Waals surface area contributed by atoms with Gasteiger partial charge in [0.1, 0.15) is 36.5 Å². The molecule has 152 valence electrons. The lowest BCUT2D eigenvalue weighted by Crippen LogP contribution is -2.49. The molecule has 1 fully saturated rings. The first-order valence-electron chi connectivity index (χ1n) is 9.78. The summed E-state index contributed by atoms with van der Waals surface area (Å²) in [5, 5.41) is 19.3. The largest absolute Gasteiger partial charge is 0.497 e. The van der Waals surface area contributed by atoms with Crippen molar-refractivity contribution in [2.24, 2.45) is 0 Å². The summed E-state index contributed by atoms with van der Waals surface area (Å²) >= 11 is 0. The predicted molar refractivity (Wildman–Crippen MR) is 110 cm³/mol. The molecule has 2 aliphatic rings. The summed E-state index contributed by atoms with van der Waals surface area (Å²) in [6, 6.07) is 13.0. The van der Waals surface area contributed by atoms with Crippen molar-refractivity contribution in [3.63, 3.8) is 0 Å². The Kier molecular flexibility index (Phi) is 5.27. The first kappa shape index (κ1) is 19.4. The van der Waals surface area contributed by atoms with Crippen molar-refractivity contribution in [1.29, 1.82) is 0 Å². The highest BCUT2D eigenvalue weighted by atomic mass is 16.5. The van der Waals surface area contributed by atoms with Crippen LogP contribution in [0.4, 0.5) is 5.69 Å². The van der Waals surface area contributed by atoms with E-state index in [9.17, 15) is 15.1 Å². The van der Waals surface area contributed by atoms with E-state index in [1.165, 1.54) is 12.8 Å². The molecule has 7 nitrogen and oxygen atoms in total. The van der Waals surface area contributed by atoms with Crippen LogP contribution in [0.2, 0.25) is 0 Å². The van der Waals surface area contributed by atoms with Gasteiger partial charge in [0.05, 0.1) is 18.2 Å². The minimum absolute atomic E-state index is 0.245. The third-order valence-corrected chi connectivity index (χ3v) is 5.79. The molecule has 0 amide bonds. The van der Waals surface area contributed by atoms with Crippen molar-refractivity contribution < 1.29 is 19.8 Å². The summed E-state index contributed by atoms with van der Waals surface area (Å²) < 4.78 is 5.69. The number of nitrogens with one attached hydrogen (secondary N) is 1. The van der Waals surface area contributed by atoms with Gasteiger partial charge in [-0.05, 0) is 49.2 Å². The summed E-state index contributed by atoms with van der Waals surface area (Å²) in [6.07, 6.45) is 4.33. The Morgan fingerprint density at radius 1 is 1.17 bits per heavy atom. The first-order valence-corrected chi connectivity index (χ1v) is 9.78. The molecule has 0 radical (unpaired) electrons. The number of likely N-dealkylation sites (tertiary alicyclic amines) is 1. The fourth-order valence-corrected chi connectivity index (χ4v) is 4.37. The number of aromatic carboxylic acids is 1.